The number of thiophene rings is 1. The first-order valence-electron chi connectivity index (χ1n) is 5.78. The maximum absolute atomic E-state index is 11.9. The van der Waals surface area contributed by atoms with Crippen molar-refractivity contribution in [3.05, 3.63) is 58.3 Å². The third-order valence-corrected chi connectivity index (χ3v) is 3.70. The normalized spacial score (nSPS) is 15.0. The lowest BCUT2D eigenvalue weighted by Crippen LogP contribution is -2.19. The van der Waals surface area contributed by atoms with Crippen LogP contribution in [0.2, 0.25) is 0 Å². The second-order valence-corrected chi connectivity index (χ2v) is 5.15. The highest BCUT2D eigenvalue weighted by Gasteiger charge is 2.24. The van der Waals surface area contributed by atoms with Crippen molar-refractivity contribution in [2.75, 3.05) is 0 Å². The standard InChI is InChI=1S/C14H12N2OS/c17-14-9-13(11-5-2-1-3-6-11)15-16(14)10-12-7-4-8-18-12/h1-8H,9-10H2. The Bertz CT molecular complexity index is 575. The minimum absolute atomic E-state index is 0.0715. The Morgan fingerprint density at radius 2 is 2.00 bits per heavy atom. The Balaban J connectivity index is 1.81. The monoisotopic (exact) mass is 256 g/mol. The zero-order valence-corrected chi connectivity index (χ0v) is 10.6. The van der Waals surface area contributed by atoms with E-state index in [1.54, 1.807) is 16.3 Å². The first-order chi connectivity index (χ1) is 8.83. The summed E-state index contributed by atoms with van der Waals surface area (Å²) in [5.74, 6) is 0.0715. The van der Waals surface area contributed by atoms with Crippen LogP contribution in [0.1, 0.15) is 16.9 Å². The van der Waals surface area contributed by atoms with Gasteiger partial charge in [0.2, 0.25) is 5.91 Å². The van der Waals surface area contributed by atoms with Gasteiger partial charge in [-0.25, -0.2) is 5.01 Å². The molecule has 1 amide bonds. The van der Waals surface area contributed by atoms with Crippen molar-refractivity contribution in [2.24, 2.45) is 5.10 Å². The Morgan fingerprint density at radius 1 is 1.17 bits per heavy atom. The van der Waals surface area contributed by atoms with Crippen LogP contribution in [0.4, 0.5) is 0 Å². The van der Waals surface area contributed by atoms with E-state index in [2.05, 4.69) is 5.10 Å². The van der Waals surface area contributed by atoms with Crippen LogP contribution in [0.3, 0.4) is 0 Å². The molecule has 0 saturated heterocycles. The van der Waals surface area contributed by atoms with E-state index >= 15 is 0 Å². The number of hydrogen-bond donors (Lipinski definition) is 0. The molecule has 0 spiro atoms. The second-order valence-electron chi connectivity index (χ2n) is 4.12. The summed E-state index contributed by atoms with van der Waals surface area (Å²) in [5.41, 5.74) is 1.89. The average molecular weight is 256 g/mol. The van der Waals surface area contributed by atoms with E-state index in [-0.39, 0.29) is 5.91 Å². The van der Waals surface area contributed by atoms with Crippen molar-refractivity contribution in [3.8, 4) is 0 Å². The van der Waals surface area contributed by atoms with Gasteiger partial charge in [0.15, 0.2) is 0 Å². The number of hydrazone groups is 1. The molecule has 2 heterocycles. The lowest BCUT2D eigenvalue weighted by Gasteiger charge is -2.09. The van der Waals surface area contributed by atoms with Gasteiger partial charge >= 0.3 is 0 Å². The fourth-order valence-electron chi connectivity index (χ4n) is 1.94. The number of carbonyl (C=O) groups is 1. The number of benzene rings is 1. The fraction of sp³-hybridized carbons (Fsp3) is 0.143. The topological polar surface area (TPSA) is 32.7 Å². The molecule has 4 heteroatoms. The van der Waals surface area contributed by atoms with Crippen LogP contribution >= 0.6 is 11.3 Å². The van der Waals surface area contributed by atoms with Crippen LogP contribution < -0.4 is 0 Å². The van der Waals surface area contributed by atoms with Gasteiger partial charge in [0.25, 0.3) is 0 Å². The van der Waals surface area contributed by atoms with E-state index in [4.69, 9.17) is 0 Å². The molecular formula is C14H12N2OS. The van der Waals surface area contributed by atoms with E-state index in [9.17, 15) is 4.79 Å². The molecule has 3 nitrogen and oxygen atoms in total. The summed E-state index contributed by atoms with van der Waals surface area (Å²) in [6, 6.07) is 13.9. The van der Waals surface area contributed by atoms with Gasteiger partial charge in [-0.15, -0.1) is 11.3 Å². The maximum atomic E-state index is 11.9. The second kappa shape index (κ2) is 4.74. The van der Waals surface area contributed by atoms with Crippen LogP contribution in [0.25, 0.3) is 0 Å². The molecule has 0 radical (unpaired) electrons. The Morgan fingerprint density at radius 3 is 2.72 bits per heavy atom. The van der Waals surface area contributed by atoms with E-state index in [0.717, 1.165) is 16.2 Å². The molecule has 0 atom stereocenters. The molecule has 3 rings (SSSR count). The van der Waals surface area contributed by atoms with Crippen LogP contribution in [-0.2, 0) is 11.3 Å². The molecule has 0 unspecified atom stereocenters. The molecule has 18 heavy (non-hydrogen) atoms. The maximum Gasteiger partial charge on any atom is 0.249 e. The first-order valence-corrected chi connectivity index (χ1v) is 6.66. The van der Waals surface area contributed by atoms with Crippen LogP contribution in [-0.4, -0.2) is 16.6 Å². The number of carbonyl (C=O) groups excluding carboxylic acids is 1. The summed E-state index contributed by atoms with van der Waals surface area (Å²) in [7, 11) is 0. The summed E-state index contributed by atoms with van der Waals surface area (Å²) in [5, 5.41) is 8.00. The van der Waals surface area contributed by atoms with E-state index in [1.165, 1.54) is 0 Å². The minimum atomic E-state index is 0.0715. The van der Waals surface area contributed by atoms with Crippen molar-refractivity contribution in [1.29, 1.82) is 0 Å². The highest BCUT2D eigenvalue weighted by molar-refractivity contribution is 7.09. The fourth-order valence-corrected chi connectivity index (χ4v) is 2.62. The summed E-state index contributed by atoms with van der Waals surface area (Å²) in [4.78, 5) is 13.1. The smallest absolute Gasteiger partial charge is 0.249 e. The van der Waals surface area contributed by atoms with E-state index in [1.807, 2.05) is 47.8 Å². The largest absolute Gasteiger partial charge is 0.272 e. The van der Waals surface area contributed by atoms with Gasteiger partial charge in [-0.2, -0.15) is 5.10 Å². The Hall–Kier alpha value is -1.94. The summed E-state index contributed by atoms with van der Waals surface area (Å²) >= 11 is 1.65. The number of rotatable bonds is 3. The molecule has 0 saturated carbocycles. The highest BCUT2D eigenvalue weighted by Crippen LogP contribution is 2.19. The predicted octanol–water partition coefficient (Wildman–Crippen LogP) is 2.88. The van der Waals surface area contributed by atoms with Crippen LogP contribution in [0.5, 0.6) is 0 Å². The summed E-state index contributed by atoms with van der Waals surface area (Å²) < 4.78 is 0. The van der Waals surface area contributed by atoms with Crippen molar-refractivity contribution < 1.29 is 4.79 Å². The molecule has 90 valence electrons. The highest BCUT2D eigenvalue weighted by atomic mass is 32.1. The van der Waals surface area contributed by atoms with Gasteiger partial charge in [-0.3, -0.25) is 4.79 Å². The number of hydrogen-bond acceptors (Lipinski definition) is 3. The molecule has 1 aliphatic heterocycles. The van der Waals surface area contributed by atoms with Crippen molar-refractivity contribution in [1.82, 2.24) is 5.01 Å². The lowest BCUT2D eigenvalue weighted by atomic mass is 10.1. The molecule has 1 aromatic carbocycles. The number of nitrogens with zero attached hydrogens (tertiary/aromatic N) is 2. The molecule has 1 aliphatic rings. The van der Waals surface area contributed by atoms with Crippen LogP contribution in [0, 0.1) is 0 Å². The van der Waals surface area contributed by atoms with Gasteiger partial charge in [0.1, 0.15) is 0 Å². The van der Waals surface area contributed by atoms with Crippen molar-refractivity contribution in [3.63, 3.8) is 0 Å². The third kappa shape index (κ3) is 2.19. The molecule has 0 aliphatic carbocycles. The zero-order chi connectivity index (χ0) is 12.4. The molecule has 2 aromatic rings. The SMILES string of the molecule is O=C1CC(c2ccccc2)=NN1Cc1cccs1. The summed E-state index contributed by atoms with van der Waals surface area (Å²) in [6.45, 7) is 0.576. The predicted molar refractivity (Wildman–Crippen MR) is 72.5 cm³/mol. The minimum Gasteiger partial charge on any atom is -0.272 e. The van der Waals surface area contributed by atoms with Gasteiger partial charge < -0.3 is 0 Å². The van der Waals surface area contributed by atoms with Gasteiger partial charge in [0, 0.05) is 4.88 Å². The van der Waals surface area contributed by atoms with Crippen molar-refractivity contribution in [2.45, 2.75) is 13.0 Å². The average Bonchev–Trinajstić information content (AvgIpc) is 3.02. The van der Waals surface area contributed by atoms with E-state index in [0.29, 0.717) is 13.0 Å². The van der Waals surface area contributed by atoms with Gasteiger partial charge in [-0.05, 0) is 17.0 Å². The zero-order valence-electron chi connectivity index (χ0n) is 9.74. The molecule has 0 fully saturated rings. The first kappa shape index (κ1) is 11.2. The lowest BCUT2D eigenvalue weighted by molar-refractivity contribution is -0.129. The molecule has 0 N–H and O–H groups in total. The quantitative estimate of drug-likeness (QED) is 0.831. The van der Waals surface area contributed by atoms with Crippen LogP contribution in [0.15, 0.2) is 52.9 Å². The van der Waals surface area contributed by atoms with Crippen molar-refractivity contribution >= 4 is 23.0 Å². The Kier molecular flexibility index (Phi) is 2.94. The Labute approximate surface area is 109 Å². The third-order valence-electron chi connectivity index (χ3n) is 2.84. The summed E-state index contributed by atoms with van der Waals surface area (Å²) in [6.07, 6.45) is 0.398. The molecule has 0 bridgehead atoms. The van der Waals surface area contributed by atoms with Gasteiger partial charge in [-0.1, -0.05) is 36.4 Å². The molecule has 1 aromatic heterocycles. The van der Waals surface area contributed by atoms with E-state index < -0.39 is 0 Å². The van der Waals surface area contributed by atoms with Gasteiger partial charge in [0.05, 0.1) is 18.7 Å². The number of amides is 1. The molecular weight excluding hydrogens is 244 g/mol.